The van der Waals surface area contributed by atoms with Gasteiger partial charge in [0.05, 0.1) is 3.79 Å². The van der Waals surface area contributed by atoms with Crippen molar-refractivity contribution in [2.45, 2.75) is 24.4 Å². The first-order valence-corrected chi connectivity index (χ1v) is 9.28. The number of nitrogens with zero attached hydrogens (tertiary/aromatic N) is 3. The second-order valence-electron chi connectivity index (χ2n) is 4.46. The lowest BCUT2D eigenvalue weighted by molar-refractivity contribution is 0.687. The van der Waals surface area contributed by atoms with E-state index in [4.69, 9.17) is 0 Å². The molecule has 0 fully saturated rings. The first-order chi connectivity index (χ1) is 10.3. The predicted octanol–water partition coefficient (Wildman–Crippen LogP) is 5.08. The molecule has 0 spiro atoms. The Morgan fingerprint density at radius 3 is 2.71 bits per heavy atom. The van der Waals surface area contributed by atoms with Crippen LogP contribution < -0.4 is 0 Å². The molecule has 1 aromatic carbocycles. The quantitative estimate of drug-likeness (QED) is 0.579. The summed E-state index contributed by atoms with van der Waals surface area (Å²) in [5.74, 6) is 1.85. The third-order valence-electron chi connectivity index (χ3n) is 3.05. The molecule has 0 saturated heterocycles. The molecular formula is C15H14BrN3S2. The average Bonchev–Trinajstić information content (AvgIpc) is 3.11. The highest BCUT2D eigenvalue weighted by molar-refractivity contribution is 9.11. The van der Waals surface area contributed by atoms with E-state index >= 15 is 0 Å². The molecule has 21 heavy (non-hydrogen) atoms. The van der Waals surface area contributed by atoms with Crippen LogP contribution in [0.4, 0.5) is 0 Å². The Morgan fingerprint density at radius 1 is 1.24 bits per heavy atom. The summed E-state index contributed by atoms with van der Waals surface area (Å²) in [6, 6.07) is 12.4. The lowest BCUT2D eigenvalue weighted by atomic mass is 10.2. The zero-order valence-corrected chi connectivity index (χ0v) is 14.7. The van der Waals surface area contributed by atoms with Crippen LogP contribution >= 0.6 is 39.0 Å². The number of thiophene rings is 1. The van der Waals surface area contributed by atoms with Crippen molar-refractivity contribution >= 4 is 39.0 Å². The molecule has 6 heteroatoms. The van der Waals surface area contributed by atoms with Crippen molar-refractivity contribution in [3.63, 3.8) is 0 Å². The maximum Gasteiger partial charge on any atom is 0.191 e. The van der Waals surface area contributed by atoms with Gasteiger partial charge < -0.3 is 4.57 Å². The number of hydrogen-bond donors (Lipinski definition) is 0. The fourth-order valence-corrected chi connectivity index (χ4v) is 4.30. The van der Waals surface area contributed by atoms with E-state index in [-0.39, 0.29) is 0 Å². The Labute approximate surface area is 140 Å². The summed E-state index contributed by atoms with van der Waals surface area (Å²) in [6.07, 6.45) is 0. The lowest BCUT2D eigenvalue weighted by Gasteiger charge is -2.06. The molecular weight excluding hydrogens is 366 g/mol. The van der Waals surface area contributed by atoms with Crippen molar-refractivity contribution in [2.24, 2.45) is 0 Å². The van der Waals surface area contributed by atoms with Gasteiger partial charge in [-0.15, -0.1) is 21.5 Å². The highest BCUT2D eigenvalue weighted by Crippen LogP contribution is 2.29. The van der Waals surface area contributed by atoms with Crippen molar-refractivity contribution in [2.75, 3.05) is 0 Å². The summed E-state index contributed by atoms with van der Waals surface area (Å²) < 4.78 is 3.33. The van der Waals surface area contributed by atoms with Gasteiger partial charge in [0.15, 0.2) is 11.0 Å². The standard InChI is InChI=1S/C15H14BrN3S2/c1-2-19-14(12-6-4-3-5-7-12)17-18-15(19)21-10-11-8-13(16)20-9-11/h3-9H,2,10H2,1H3. The van der Waals surface area contributed by atoms with Gasteiger partial charge in [0.2, 0.25) is 0 Å². The number of aromatic nitrogens is 3. The highest BCUT2D eigenvalue weighted by Gasteiger charge is 2.13. The van der Waals surface area contributed by atoms with E-state index in [1.807, 2.05) is 18.2 Å². The van der Waals surface area contributed by atoms with Gasteiger partial charge in [-0.05, 0) is 39.9 Å². The average molecular weight is 380 g/mol. The maximum absolute atomic E-state index is 4.36. The van der Waals surface area contributed by atoms with E-state index in [1.54, 1.807) is 23.1 Å². The second-order valence-corrected chi connectivity index (χ2v) is 7.70. The zero-order chi connectivity index (χ0) is 14.7. The molecule has 0 aliphatic rings. The highest BCUT2D eigenvalue weighted by atomic mass is 79.9. The summed E-state index contributed by atoms with van der Waals surface area (Å²) in [5, 5.41) is 11.9. The van der Waals surface area contributed by atoms with Gasteiger partial charge in [-0.1, -0.05) is 42.1 Å². The predicted molar refractivity (Wildman–Crippen MR) is 92.7 cm³/mol. The van der Waals surface area contributed by atoms with Crippen LogP contribution in [0.25, 0.3) is 11.4 Å². The largest absolute Gasteiger partial charge is 0.302 e. The van der Waals surface area contributed by atoms with E-state index in [0.717, 1.165) is 28.8 Å². The number of thioether (sulfide) groups is 1. The number of rotatable bonds is 5. The SMILES string of the molecule is CCn1c(SCc2csc(Br)c2)nnc1-c1ccccc1. The van der Waals surface area contributed by atoms with Crippen LogP contribution in [0, 0.1) is 0 Å². The van der Waals surface area contributed by atoms with Gasteiger partial charge in [0.25, 0.3) is 0 Å². The Hall–Kier alpha value is -1.11. The van der Waals surface area contributed by atoms with Crippen LogP contribution in [0.15, 0.2) is 50.7 Å². The van der Waals surface area contributed by atoms with Crippen LogP contribution in [0.2, 0.25) is 0 Å². The molecule has 0 aliphatic heterocycles. The first kappa shape index (κ1) is 14.8. The third-order valence-corrected chi connectivity index (χ3v) is 5.65. The summed E-state index contributed by atoms with van der Waals surface area (Å²) in [7, 11) is 0. The normalized spacial score (nSPS) is 11.0. The van der Waals surface area contributed by atoms with Crippen molar-refractivity contribution in [3.05, 3.63) is 51.1 Å². The molecule has 0 unspecified atom stereocenters. The Kier molecular flexibility index (Phi) is 4.77. The summed E-state index contributed by atoms with van der Waals surface area (Å²) in [5.41, 5.74) is 2.42. The Morgan fingerprint density at radius 2 is 2.05 bits per heavy atom. The molecule has 2 aromatic heterocycles. The van der Waals surface area contributed by atoms with Crippen LogP contribution in [-0.4, -0.2) is 14.8 Å². The van der Waals surface area contributed by atoms with Crippen molar-refractivity contribution in [1.29, 1.82) is 0 Å². The number of halogens is 1. The minimum absolute atomic E-state index is 0.868. The van der Waals surface area contributed by atoms with Gasteiger partial charge in [0, 0.05) is 17.9 Å². The molecule has 0 radical (unpaired) electrons. The van der Waals surface area contributed by atoms with E-state index in [2.05, 4.69) is 61.2 Å². The van der Waals surface area contributed by atoms with Crippen molar-refractivity contribution < 1.29 is 0 Å². The molecule has 0 atom stereocenters. The maximum atomic E-state index is 4.36. The molecule has 0 aliphatic carbocycles. The van der Waals surface area contributed by atoms with E-state index in [0.29, 0.717) is 0 Å². The van der Waals surface area contributed by atoms with Crippen LogP contribution in [-0.2, 0) is 12.3 Å². The third kappa shape index (κ3) is 3.39. The summed E-state index contributed by atoms with van der Waals surface area (Å²) in [4.78, 5) is 0. The van der Waals surface area contributed by atoms with Gasteiger partial charge in [-0.3, -0.25) is 0 Å². The fourth-order valence-electron chi connectivity index (χ4n) is 2.05. The van der Waals surface area contributed by atoms with Gasteiger partial charge in [-0.2, -0.15) is 0 Å². The molecule has 2 heterocycles. The lowest BCUT2D eigenvalue weighted by Crippen LogP contribution is -1.99. The van der Waals surface area contributed by atoms with Crippen LogP contribution in [0.1, 0.15) is 12.5 Å². The minimum atomic E-state index is 0.868. The van der Waals surface area contributed by atoms with E-state index in [9.17, 15) is 0 Å². The molecule has 0 amide bonds. The van der Waals surface area contributed by atoms with Crippen molar-refractivity contribution in [3.8, 4) is 11.4 Å². The van der Waals surface area contributed by atoms with E-state index in [1.165, 1.54) is 9.35 Å². The van der Waals surface area contributed by atoms with Gasteiger partial charge in [-0.25, -0.2) is 0 Å². The molecule has 0 N–H and O–H groups in total. The smallest absolute Gasteiger partial charge is 0.191 e. The second kappa shape index (κ2) is 6.77. The van der Waals surface area contributed by atoms with Gasteiger partial charge >= 0.3 is 0 Å². The monoisotopic (exact) mass is 379 g/mol. The Bertz CT molecular complexity index is 722. The van der Waals surface area contributed by atoms with E-state index < -0.39 is 0 Å². The summed E-state index contributed by atoms with van der Waals surface area (Å²) in [6.45, 7) is 2.99. The molecule has 3 aromatic rings. The van der Waals surface area contributed by atoms with Crippen LogP contribution in [0.5, 0.6) is 0 Å². The van der Waals surface area contributed by atoms with Crippen LogP contribution in [0.3, 0.4) is 0 Å². The van der Waals surface area contributed by atoms with Crippen molar-refractivity contribution in [1.82, 2.24) is 14.8 Å². The topological polar surface area (TPSA) is 30.7 Å². The molecule has 0 saturated carbocycles. The van der Waals surface area contributed by atoms with Gasteiger partial charge in [0.1, 0.15) is 0 Å². The molecule has 3 nitrogen and oxygen atoms in total. The molecule has 108 valence electrons. The number of benzene rings is 1. The zero-order valence-electron chi connectivity index (χ0n) is 11.5. The first-order valence-electron chi connectivity index (χ1n) is 6.62. The minimum Gasteiger partial charge on any atom is -0.302 e. The Balaban J connectivity index is 1.82. The molecule has 3 rings (SSSR count). The summed E-state index contributed by atoms with van der Waals surface area (Å²) >= 11 is 6.94. The molecule has 0 bridgehead atoms. The number of hydrogen-bond acceptors (Lipinski definition) is 4. The fraction of sp³-hybridized carbons (Fsp3) is 0.200.